The average Bonchev–Trinajstić information content (AvgIpc) is 4.22. The van der Waals surface area contributed by atoms with E-state index in [1.807, 2.05) is 0 Å². The third kappa shape index (κ3) is 5.21. The summed E-state index contributed by atoms with van der Waals surface area (Å²) in [6, 6.07) is -0.749. The minimum Gasteiger partial charge on any atom is -0.307 e. The third-order valence-electron chi connectivity index (χ3n) is 9.20. The number of hydrogen-bond donors (Lipinski definition) is 0. The molecule has 0 atom stereocenters. The van der Waals surface area contributed by atoms with Gasteiger partial charge in [0.05, 0.1) is 53.6 Å². The normalized spacial score (nSPS) is 17.3. The van der Waals surface area contributed by atoms with Gasteiger partial charge in [0.15, 0.2) is 11.6 Å². The largest absolute Gasteiger partial charge is 0.307 e. The second-order valence-electron chi connectivity index (χ2n) is 12.3. The first-order valence-electron chi connectivity index (χ1n) is 28.5. The predicted octanol–water partition coefficient (Wildman–Crippen LogP) is 12.7. The van der Waals surface area contributed by atoms with Gasteiger partial charge in [-0.2, -0.15) is 9.97 Å². The average molecular weight is 739 g/mol. The lowest BCUT2D eigenvalue weighted by atomic mass is 10.0. The summed E-state index contributed by atoms with van der Waals surface area (Å²) >= 11 is 0. The monoisotopic (exact) mass is 738 g/mol. The van der Waals surface area contributed by atoms with Gasteiger partial charge in [0.1, 0.15) is 0 Å². The van der Waals surface area contributed by atoms with Crippen LogP contribution in [0.15, 0.2) is 200 Å². The first kappa shape index (κ1) is 16.4. The Balaban J connectivity index is 1.30. The van der Waals surface area contributed by atoms with E-state index in [1.54, 1.807) is 60.7 Å². The van der Waals surface area contributed by atoms with Crippen LogP contribution in [0.3, 0.4) is 0 Å². The van der Waals surface area contributed by atoms with E-state index in [0.717, 1.165) is 0 Å². The van der Waals surface area contributed by atoms with E-state index in [9.17, 15) is 11.0 Å². The molecule has 0 unspecified atom stereocenters. The maximum absolute atomic E-state index is 9.61. The first-order valence-corrected chi connectivity index (χ1v) is 17.0. The molecule has 0 amide bonds. The molecule has 0 saturated carbocycles. The van der Waals surface area contributed by atoms with Gasteiger partial charge >= 0.3 is 0 Å². The van der Waals surface area contributed by atoms with Gasteiger partial charge in [-0.15, -0.1) is 0 Å². The Morgan fingerprint density at radius 3 is 1.27 bits per heavy atom. The first-order chi connectivity index (χ1) is 37.3. The molecular weight excluding hydrogens is 683 g/mol. The van der Waals surface area contributed by atoms with E-state index in [0.29, 0.717) is 32.6 Å². The van der Waals surface area contributed by atoms with Crippen LogP contribution in [0.5, 0.6) is 0 Å². The SMILES string of the molecule is [2H]c1c([2H])c([2H])c(-c2nc(-c3c([2H])c([2H])c(-c4c([2H])c([2H])c([2H])c([2H])c4[2H])c([2H])c3[2H])nc(-n3c4ccccc4c4ccc5c6ccccc6n(-c6c([2H])c([2H])c(-c7c([2H])c([2H])c([2H])c([2H])c7[2H])c([2H])c6[2H])c5c43)n2)c([2H])c1[2H]. The molecule has 0 aliphatic carbocycles. The summed E-state index contributed by atoms with van der Waals surface area (Å²) < 4.78 is 206. The molecule has 0 N–H and O–H groups in total. The molecule has 262 valence electrons. The quantitative estimate of drug-likeness (QED) is 0.171. The lowest BCUT2D eigenvalue weighted by molar-refractivity contribution is 0.953. The zero-order valence-corrected chi connectivity index (χ0v) is 28.5. The molecule has 5 heteroatoms. The second kappa shape index (κ2) is 13.0. The fourth-order valence-electron chi connectivity index (χ4n) is 6.83. The van der Waals surface area contributed by atoms with Gasteiger partial charge in [0.2, 0.25) is 5.95 Å². The number of nitrogens with zero attached hydrogens (tertiary/aromatic N) is 5. The van der Waals surface area contributed by atoms with Crippen LogP contribution in [0.1, 0.15) is 31.5 Å². The summed E-state index contributed by atoms with van der Waals surface area (Å²) in [4.78, 5) is 14.0. The topological polar surface area (TPSA) is 48.5 Å². The summed E-state index contributed by atoms with van der Waals surface area (Å²) in [5.41, 5.74) is -2.84. The van der Waals surface area contributed by atoms with Crippen LogP contribution in [0.2, 0.25) is 0 Å². The number of rotatable bonds is 6. The van der Waals surface area contributed by atoms with Crippen molar-refractivity contribution in [3.63, 3.8) is 0 Å². The maximum Gasteiger partial charge on any atom is 0.238 e. The highest BCUT2D eigenvalue weighted by molar-refractivity contribution is 6.23. The Labute approximate surface area is 355 Å². The highest BCUT2D eigenvalue weighted by Gasteiger charge is 2.23. The fourth-order valence-corrected chi connectivity index (χ4v) is 6.83. The number of benzene rings is 8. The van der Waals surface area contributed by atoms with Crippen LogP contribution in [-0.2, 0) is 0 Å². The van der Waals surface area contributed by atoms with Crippen molar-refractivity contribution >= 4 is 43.6 Å². The minimum atomic E-state index is -0.874. The van der Waals surface area contributed by atoms with Crippen molar-refractivity contribution in [2.75, 3.05) is 0 Å². The Hall–Kier alpha value is -7.63. The fraction of sp³-hybridized carbons (Fsp3) is 0. The van der Waals surface area contributed by atoms with Gasteiger partial charge in [-0.1, -0.05) is 175 Å². The molecule has 56 heavy (non-hydrogen) atoms. The van der Waals surface area contributed by atoms with E-state index in [-0.39, 0.29) is 16.7 Å². The van der Waals surface area contributed by atoms with Gasteiger partial charge in [0.25, 0.3) is 0 Å². The predicted molar refractivity (Wildman–Crippen MR) is 230 cm³/mol. The standard InChI is InChI=1S/C51H33N5/c1-4-14-34(15-5-1)36-24-26-39(27-25-36)50-52-49(38-18-8-3-9-19-38)53-51(54-50)56-46-23-13-11-21-42(46)44-33-32-43-41-20-10-12-22-45(41)55(47(43)48(44)56)40-30-28-37(29-31-40)35-16-6-2-7-17-35/h1-33H/i1D,2D,3D,4D,5D,6D,7D,8D,9D,14D,15D,16D,17D,18D,19D,24D,25D,26D,27D,28D,29D,30D,31D. The van der Waals surface area contributed by atoms with Crippen molar-refractivity contribution in [3.8, 4) is 56.7 Å². The Bertz CT molecular complexity index is 4460. The van der Waals surface area contributed by atoms with Crippen molar-refractivity contribution in [1.82, 2.24) is 24.1 Å². The Morgan fingerprint density at radius 1 is 0.339 bits per heavy atom. The smallest absolute Gasteiger partial charge is 0.238 e. The van der Waals surface area contributed by atoms with E-state index in [2.05, 4.69) is 4.98 Å². The minimum absolute atomic E-state index is 0.196. The molecule has 3 heterocycles. The van der Waals surface area contributed by atoms with Crippen LogP contribution in [0.25, 0.3) is 100 Å². The molecule has 3 aromatic heterocycles. The molecule has 0 saturated heterocycles. The molecule has 11 aromatic rings. The van der Waals surface area contributed by atoms with Gasteiger partial charge in [0, 0.05) is 38.4 Å². The number of aromatic nitrogens is 5. The summed E-state index contributed by atoms with van der Waals surface area (Å²) in [5.74, 6) is -1.66. The summed E-state index contributed by atoms with van der Waals surface area (Å²) in [6.45, 7) is 0. The molecule has 0 radical (unpaired) electrons. The zero-order chi connectivity index (χ0) is 57.0. The highest BCUT2D eigenvalue weighted by Crippen LogP contribution is 2.42. The number of hydrogen-bond acceptors (Lipinski definition) is 3. The van der Waals surface area contributed by atoms with Gasteiger partial charge in [-0.05, 0) is 46.5 Å². The Kier molecular flexibility index (Phi) is 3.82. The van der Waals surface area contributed by atoms with Crippen molar-refractivity contribution in [2.45, 2.75) is 0 Å². The molecule has 0 bridgehead atoms. The van der Waals surface area contributed by atoms with Gasteiger partial charge in [-0.25, -0.2) is 4.98 Å². The van der Waals surface area contributed by atoms with Crippen LogP contribution >= 0.6 is 0 Å². The molecule has 5 nitrogen and oxygen atoms in total. The van der Waals surface area contributed by atoms with E-state index in [1.165, 1.54) is 9.13 Å². The lowest BCUT2D eigenvalue weighted by Crippen LogP contribution is -2.07. The van der Waals surface area contributed by atoms with E-state index >= 15 is 0 Å². The van der Waals surface area contributed by atoms with Crippen molar-refractivity contribution in [1.29, 1.82) is 0 Å². The lowest BCUT2D eigenvalue weighted by Gasteiger charge is -2.14. The van der Waals surface area contributed by atoms with Crippen LogP contribution < -0.4 is 0 Å². The molecule has 0 spiro atoms. The van der Waals surface area contributed by atoms with Gasteiger partial charge < -0.3 is 4.57 Å². The van der Waals surface area contributed by atoms with E-state index < -0.39 is 190 Å². The zero-order valence-electron chi connectivity index (χ0n) is 51.5. The van der Waals surface area contributed by atoms with Crippen molar-refractivity contribution < 1.29 is 31.5 Å². The number of para-hydroxylation sites is 2. The van der Waals surface area contributed by atoms with Crippen molar-refractivity contribution in [3.05, 3.63) is 200 Å². The summed E-state index contributed by atoms with van der Waals surface area (Å²) in [7, 11) is 0. The van der Waals surface area contributed by atoms with E-state index in [4.69, 9.17) is 30.5 Å². The molecular formula is C51H33N5. The molecule has 0 aliphatic heterocycles. The third-order valence-corrected chi connectivity index (χ3v) is 9.20. The molecule has 11 rings (SSSR count). The van der Waals surface area contributed by atoms with Crippen LogP contribution in [-0.4, -0.2) is 24.1 Å². The summed E-state index contributed by atoms with van der Waals surface area (Å²) in [5, 5.41) is 1.96. The van der Waals surface area contributed by atoms with Crippen LogP contribution in [0.4, 0.5) is 0 Å². The number of fused-ring (bicyclic) bond motifs is 7. The Morgan fingerprint density at radius 2 is 0.732 bits per heavy atom. The molecule has 8 aromatic carbocycles. The molecule has 0 aliphatic rings. The summed E-state index contributed by atoms with van der Waals surface area (Å²) in [6.07, 6.45) is 0. The second-order valence-corrected chi connectivity index (χ2v) is 12.3. The van der Waals surface area contributed by atoms with Crippen molar-refractivity contribution in [2.24, 2.45) is 0 Å². The van der Waals surface area contributed by atoms with Gasteiger partial charge in [-0.3, -0.25) is 4.57 Å². The molecule has 0 fully saturated rings. The maximum atomic E-state index is 9.61. The van der Waals surface area contributed by atoms with Crippen LogP contribution in [0, 0.1) is 0 Å². The highest BCUT2D eigenvalue weighted by atomic mass is 15.2.